The molecular weight excluding hydrogens is 783 g/mol. The molecule has 1 aliphatic carbocycles. The average Bonchev–Trinajstić information content (AvgIpc) is 3.89. The van der Waals surface area contributed by atoms with Crippen LogP contribution in [0.15, 0.2) is 17.1 Å². The Bertz CT molecular complexity index is 1870. The summed E-state index contributed by atoms with van der Waals surface area (Å²) in [6, 6.07) is 0.952. The normalized spacial score (nSPS) is 19.0. The van der Waals surface area contributed by atoms with Gasteiger partial charge in [-0.25, -0.2) is 14.0 Å². The van der Waals surface area contributed by atoms with Gasteiger partial charge in [-0.05, 0) is 105 Å². The number of benzene rings is 1. The number of piperidine rings is 1. The molecule has 2 aromatic rings. The maximum absolute atomic E-state index is 16.4. The summed E-state index contributed by atoms with van der Waals surface area (Å²) in [5, 5.41) is -1.20. The zero-order chi connectivity index (χ0) is 41.7. The molecule has 0 bridgehead atoms. The highest BCUT2D eigenvalue weighted by atomic mass is 31.2. The minimum absolute atomic E-state index is 0.00510. The molecule has 0 unspecified atom stereocenters. The van der Waals surface area contributed by atoms with Crippen molar-refractivity contribution in [2.75, 3.05) is 64.7 Å². The topological polar surface area (TPSA) is 161 Å². The maximum atomic E-state index is 16.4. The molecule has 5 rings (SSSR count). The van der Waals surface area contributed by atoms with Crippen molar-refractivity contribution in [1.82, 2.24) is 9.47 Å². The largest absolute Gasteiger partial charge is 0.492 e. The molecule has 320 valence electrons. The minimum atomic E-state index is -3.94. The first-order valence-corrected chi connectivity index (χ1v) is 23.4. The molecule has 3 fully saturated rings. The summed E-state index contributed by atoms with van der Waals surface area (Å²) in [5.41, 5.74) is -0.980. The predicted molar refractivity (Wildman–Crippen MR) is 214 cm³/mol. The van der Waals surface area contributed by atoms with E-state index in [1.165, 1.54) is 19.4 Å². The molecule has 1 aromatic carbocycles. The molecule has 15 nitrogen and oxygen atoms in total. The molecule has 3 heterocycles. The summed E-state index contributed by atoms with van der Waals surface area (Å²) in [6.45, 7) is 13.6. The van der Waals surface area contributed by atoms with Crippen LogP contribution >= 0.6 is 15.2 Å². The number of esters is 1. The first-order chi connectivity index (χ1) is 27.1. The summed E-state index contributed by atoms with van der Waals surface area (Å²) in [7, 11) is -6.44. The number of halogens is 1. The monoisotopic (exact) mass is 843 g/mol. The number of carbonyl (C=O) groups excluding carboxylic acids is 2. The lowest BCUT2D eigenvalue weighted by Gasteiger charge is -2.37. The van der Waals surface area contributed by atoms with Gasteiger partial charge >= 0.3 is 27.3 Å². The van der Waals surface area contributed by atoms with Gasteiger partial charge in [-0.1, -0.05) is 0 Å². The molecule has 0 radical (unpaired) electrons. The van der Waals surface area contributed by atoms with Crippen molar-refractivity contribution in [2.24, 2.45) is 5.92 Å². The number of rotatable bonds is 19. The molecule has 0 spiro atoms. The first kappa shape index (κ1) is 45.1. The molecule has 3 aliphatic rings. The van der Waals surface area contributed by atoms with E-state index in [9.17, 15) is 23.5 Å². The summed E-state index contributed by atoms with van der Waals surface area (Å²) >= 11 is 0. The number of hydrogen-bond acceptors (Lipinski definition) is 13. The molecule has 1 amide bonds. The van der Waals surface area contributed by atoms with Crippen molar-refractivity contribution in [3.8, 4) is 5.75 Å². The Morgan fingerprint density at radius 1 is 0.930 bits per heavy atom. The highest BCUT2D eigenvalue weighted by Gasteiger charge is 2.50. The van der Waals surface area contributed by atoms with Crippen LogP contribution in [0.25, 0.3) is 10.9 Å². The first-order valence-electron chi connectivity index (χ1n) is 20.2. The van der Waals surface area contributed by atoms with Crippen LogP contribution in [0.4, 0.5) is 14.9 Å². The lowest BCUT2D eigenvalue weighted by molar-refractivity contribution is 0.00666. The van der Waals surface area contributed by atoms with E-state index in [-0.39, 0.29) is 98.8 Å². The third-order valence-corrected chi connectivity index (χ3v) is 16.5. The Morgan fingerprint density at radius 2 is 1.54 bits per heavy atom. The third kappa shape index (κ3) is 10.1. The highest BCUT2D eigenvalue weighted by Crippen LogP contribution is 2.71. The van der Waals surface area contributed by atoms with E-state index in [4.69, 9.17) is 32.3 Å². The maximum Gasteiger partial charge on any atom is 0.410 e. The Balaban J connectivity index is 1.36. The van der Waals surface area contributed by atoms with Gasteiger partial charge in [0.1, 0.15) is 16.9 Å². The summed E-state index contributed by atoms with van der Waals surface area (Å²) < 4.78 is 85.2. The van der Waals surface area contributed by atoms with Crippen LogP contribution in [0.5, 0.6) is 5.75 Å². The van der Waals surface area contributed by atoms with Crippen molar-refractivity contribution in [3.05, 3.63) is 33.9 Å². The van der Waals surface area contributed by atoms with Gasteiger partial charge in [0.25, 0.3) is 0 Å². The van der Waals surface area contributed by atoms with Gasteiger partial charge in [0, 0.05) is 31.9 Å². The molecular formula is C39H60FN3O12P2. The Morgan fingerprint density at radius 3 is 2.09 bits per heavy atom. The zero-order valence-electron chi connectivity index (χ0n) is 34.6. The standard InChI is InChI=1S/C39H60FN3O12P2/c1-9-51-56(47,52-10-2)32(57(48,53-11-3)54-12-4)17-13-14-21-50-37(45)29-24-43(27-18-19-27)33-28(35(29)44)22-30(40)34(36(33)49-8)41-23-26-16-15-20-42(31(26)25-41)38(46)55-39(5,6)7/h22,24,26-27,31-32H,9-21,23,25H2,1-8H3/t26-,31-/m0/s1. The third-order valence-electron chi connectivity index (χ3n) is 10.3. The van der Waals surface area contributed by atoms with Crippen LogP contribution in [0, 0.1) is 11.7 Å². The molecule has 2 saturated heterocycles. The lowest BCUT2D eigenvalue weighted by atomic mass is 9.92. The quantitative estimate of drug-likeness (QED) is 0.0753. The highest BCUT2D eigenvalue weighted by molar-refractivity contribution is 7.72. The Labute approximate surface area is 334 Å². The molecule has 0 N–H and O–H groups in total. The van der Waals surface area contributed by atoms with Crippen LogP contribution in [-0.4, -0.2) is 98.4 Å². The van der Waals surface area contributed by atoms with Gasteiger partial charge in [0.15, 0.2) is 17.0 Å². The number of ether oxygens (including phenoxy) is 3. The summed E-state index contributed by atoms with van der Waals surface area (Å²) in [5.74, 6) is -1.25. The van der Waals surface area contributed by atoms with E-state index in [0.717, 1.165) is 25.7 Å². The van der Waals surface area contributed by atoms with Gasteiger partial charge in [-0.2, -0.15) is 0 Å². The van der Waals surface area contributed by atoms with E-state index in [1.807, 2.05) is 30.2 Å². The van der Waals surface area contributed by atoms with Crippen molar-refractivity contribution >= 4 is 43.8 Å². The van der Waals surface area contributed by atoms with Crippen LogP contribution in [0.3, 0.4) is 0 Å². The van der Waals surface area contributed by atoms with E-state index in [0.29, 0.717) is 25.2 Å². The molecule has 18 heteroatoms. The predicted octanol–water partition coefficient (Wildman–Crippen LogP) is 8.51. The Hall–Kier alpha value is -3.00. The SMILES string of the molecule is CCOP(=O)(OCC)C(CCCCOC(=O)c1cn(C2CC2)c2c(OC)c(N3C[C@@H]4CCCN(C(=O)OC(C)(C)C)[C@H]4C3)c(F)cc2c1=O)P(=O)(OCC)OCC. The number of anilines is 1. The molecule has 57 heavy (non-hydrogen) atoms. The van der Waals surface area contributed by atoms with Crippen LogP contribution in [0.1, 0.15) is 110 Å². The smallest absolute Gasteiger partial charge is 0.410 e. The number of fused-ring (bicyclic) bond motifs is 2. The molecule has 1 aromatic heterocycles. The zero-order valence-corrected chi connectivity index (χ0v) is 36.4. The van der Waals surface area contributed by atoms with Crippen molar-refractivity contribution < 1.29 is 55.4 Å². The number of hydrogen-bond donors (Lipinski definition) is 0. The summed E-state index contributed by atoms with van der Waals surface area (Å²) in [6.07, 6.45) is 4.97. The number of unbranched alkanes of at least 4 members (excludes halogenated alkanes) is 1. The van der Waals surface area contributed by atoms with Crippen LogP contribution in [0.2, 0.25) is 0 Å². The number of methoxy groups -OCH3 is 1. The fourth-order valence-electron chi connectivity index (χ4n) is 7.93. The second-order valence-corrected chi connectivity index (χ2v) is 20.4. The molecule has 2 atom stereocenters. The molecule has 2 aliphatic heterocycles. The number of aromatic nitrogens is 1. The molecule has 1 saturated carbocycles. The van der Waals surface area contributed by atoms with Gasteiger partial charge < -0.3 is 46.7 Å². The lowest BCUT2D eigenvalue weighted by Crippen LogP contribution is -2.50. The number of amides is 1. The van der Waals surface area contributed by atoms with Crippen LogP contribution in [-0.2, 0) is 36.7 Å². The van der Waals surface area contributed by atoms with Gasteiger partial charge in [-0.15, -0.1) is 0 Å². The van der Waals surface area contributed by atoms with E-state index in [2.05, 4.69) is 0 Å². The summed E-state index contributed by atoms with van der Waals surface area (Å²) in [4.78, 5) is 44.3. The van der Waals surface area contributed by atoms with Crippen LogP contribution < -0.4 is 15.1 Å². The fraction of sp³-hybridized carbons (Fsp3) is 0.718. The fourth-order valence-corrected chi connectivity index (χ4v) is 13.4. The number of carbonyl (C=O) groups is 2. The van der Waals surface area contributed by atoms with Crippen molar-refractivity contribution in [1.29, 1.82) is 0 Å². The van der Waals surface area contributed by atoms with Gasteiger partial charge in [0.2, 0.25) is 5.43 Å². The van der Waals surface area contributed by atoms with E-state index >= 15 is 4.39 Å². The number of pyridine rings is 1. The number of nitrogens with zero attached hydrogens (tertiary/aromatic N) is 3. The van der Waals surface area contributed by atoms with E-state index in [1.54, 1.807) is 32.6 Å². The number of likely N-dealkylation sites (tertiary alicyclic amines) is 1. The van der Waals surface area contributed by atoms with E-state index < -0.39 is 43.4 Å². The minimum Gasteiger partial charge on any atom is -0.492 e. The van der Waals surface area contributed by atoms with Gasteiger partial charge in [-0.3, -0.25) is 13.9 Å². The van der Waals surface area contributed by atoms with Crippen molar-refractivity contribution in [3.63, 3.8) is 0 Å². The van der Waals surface area contributed by atoms with Crippen molar-refractivity contribution in [2.45, 2.75) is 116 Å². The second kappa shape index (κ2) is 18.9. The second-order valence-electron chi connectivity index (χ2n) is 15.6. The Kier molecular flexibility index (Phi) is 15.0. The average molecular weight is 844 g/mol. The van der Waals surface area contributed by atoms with Gasteiger partial charge in [0.05, 0.1) is 57.1 Å².